The summed E-state index contributed by atoms with van der Waals surface area (Å²) in [4.78, 5) is 11.3. The molecule has 0 aromatic heterocycles. The summed E-state index contributed by atoms with van der Waals surface area (Å²) in [5.74, 6) is -0.438. The van der Waals surface area contributed by atoms with Crippen molar-refractivity contribution >= 4 is 5.78 Å². The molecular weight excluding hydrogens is 286 g/mol. The van der Waals surface area contributed by atoms with Crippen LogP contribution in [0.2, 0.25) is 0 Å². The summed E-state index contributed by atoms with van der Waals surface area (Å²) in [6, 6.07) is -0.420. The molecule has 126 valence electrons. The van der Waals surface area contributed by atoms with Gasteiger partial charge in [-0.25, -0.2) is 0 Å². The molecule has 0 spiro atoms. The van der Waals surface area contributed by atoms with Gasteiger partial charge in [0.15, 0.2) is 12.1 Å². The zero-order valence-corrected chi connectivity index (χ0v) is 13.7. The monoisotopic (exact) mass is 313 g/mol. The summed E-state index contributed by atoms with van der Waals surface area (Å²) in [7, 11) is 0. The van der Waals surface area contributed by atoms with Gasteiger partial charge < -0.3 is 25.4 Å². The quantitative estimate of drug-likeness (QED) is 0.391. The maximum absolute atomic E-state index is 11.3. The number of carbonyl (C=O) groups is 1. The summed E-state index contributed by atoms with van der Waals surface area (Å²) < 4.78 is 11.5. The largest absolute Gasteiger partial charge is 0.507 e. The first kappa shape index (κ1) is 18.8. The van der Waals surface area contributed by atoms with Crippen molar-refractivity contribution in [2.24, 2.45) is 5.73 Å². The third-order valence-corrected chi connectivity index (χ3v) is 4.00. The third kappa shape index (κ3) is 4.39. The molecule has 1 aliphatic heterocycles. The van der Waals surface area contributed by atoms with Crippen molar-refractivity contribution in [3.63, 3.8) is 0 Å². The Morgan fingerprint density at radius 2 is 2.09 bits per heavy atom. The lowest BCUT2D eigenvalue weighted by Crippen LogP contribution is -2.52. The van der Waals surface area contributed by atoms with Crippen LogP contribution in [0.15, 0.2) is 23.5 Å². The molecule has 0 radical (unpaired) electrons. The van der Waals surface area contributed by atoms with E-state index in [1.165, 1.54) is 6.92 Å². The number of ketones is 1. The fourth-order valence-corrected chi connectivity index (χ4v) is 2.42. The molecule has 6 heteroatoms. The number of carbonyl (C=O) groups excluding carboxylic acids is 1. The average molecular weight is 313 g/mol. The minimum atomic E-state index is -0.720. The van der Waals surface area contributed by atoms with E-state index in [4.69, 9.17) is 15.2 Å². The van der Waals surface area contributed by atoms with Crippen molar-refractivity contribution in [2.45, 2.75) is 71.2 Å². The van der Waals surface area contributed by atoms with E-state index in [9.17, 15) is 15.0 Å². The molecule has 4 N–H and O–H groups in total. The smallest absolute Gasteiger partial charge is 0.162 e. The fraction of sp³-hybridized carbons (Fsp3) is 0.688. The Kier molecular flexibility index (Phi) is 6.74. The van der Waals surface area contributed by atoms with E-state index in [-0.39, 0.29) is 17.1 Å². The van der Waals surface area contributed by atoms with Crippen molar-refractivity contribution < 1.29 is 24.5 Å². The van der Waals surface area contributed by atoms with E-state index in [1.807, 2.05) is 6.92 Å². The van der Waals surface area contributed by atoms with E-state index in [0.717, 1.165) is 0 Å². The predicted octanol–water partition coefficient (Wildman–Crippen LogP) is 1.58. The lowest BCUT2D eigenvalue weighted by molar-refractivity contribution is -0.234. The van der Waals surface area contributed by atoms with E-state index < -0.39 is 30.6 Å². The van der Waals surface area contributed by atoms with Crippen LogP contribution in [0.1, 0.15) is 40.5 Å². The molecular formula is C16H27NO5. The highest BCUT2D eigenvalue weighted by molar-refractivity contribution is 5.96. The Labute approximate surface area is 131 Å². The highest BCUT2D eigenvalue weighted by Crippen LogP contribution is 2.25. The molecule has 0 aliphatic carbocycles. The zero-order chi connectivity index (χ0) is 17.0. The van der Waals surface area contributed by atoms with Crippen LogP contribution in [0, 0.1) is 0 Å². The highest BCUT2D eigenvalue weighted by atomic mass is 16.7. The first-order valence-corrected chi connectivity index (χ1v) is 7.53. The summed E-state index contributed by atoms with van der Waals surface area (Å²) in [5, 5.41) is 19.9. The highest BCUT2D eigenvalue weighted by Gasteiger charge is 2.35. The normalized spacial score (nSPS) is 31.4. The molecule has 0 unspecified atom stereocenters. The number of rotatable bonds is 6. The summed E-state index contributed by atoms with van der Waals surface area (Å²) >= 11 is 0. The lowest BCUT2D eigenvalue weighted by Gasteiger charge is -2.37. The fourth-order valence-electron chi connectivity index (χ4n) is 2.42. The topological polar surface area (TPSA) is 102 Å². The van der Waals surface area contributed by atoms with Gasteiger partial charge in [0.25, 0.3) is 0 Å². The van der Waals surface area contributed by atoms with Gasteiger partial charge in [0.2, 0.25) is 0 Å². The number of Topliss-reactive ketones (excluding diaryl/α,β-unsaturated/α-hetero) is 1. The van der Waals surface area contributed by atoms with Gasteiger partial charge in [-0.1, -0.05) is 13.5 Å². The predicted molar refractivity (Wildman–Crippen MR) is 83.2 cm³/mol. The zero-order valence-electron chi connectivity index (χ0n) is 13.7. The van der Waals surface area contributed by atoms with E-state index in [0.29, 0.717) is 18.4 Å². The molecule has 1 aliphatic rings. The Bertz CT molecular complexity index is 447. The molecule has 22 heavy (non-hydrogen) atoms. The molecule has 0 saturated carbocycles. The first-order valence-electron chi connectivity index (χ1n) is 7.53. The molecule has 1 rings (SSSR count). The van der Waals surface area contributed by atoms with Crippen molar-refractivity contribution in [3.05, 3.63) is 23.5 Å². The van der Waals surface area contributed by atoms with Gasteiger partial charge in [-0.3, -0.25) is 4.79 Å². The molecule has 0 amide bonds. The van der Waals surface area contributed by atoms with Gasteiger partial charge in [0, 0.05) is 12.5 Å². The van der Waals surface area contributed by atoms with Crippen LogP contribution in [0.3, 0.4) is 0 Å². The third-order valence-electron chi connectivity index (χ3n) is 4.00. The standard InChI is InChI=1S/C16H27NO5/c1-6-13(9(3)15(19)8(2)10(4)18)22-14-7-12(17)16(20)11(5)21-14/h11-14,16,19-20H,2,6-7,17H2,1,3-5H3/b15-9-/t11-,12-,13-,14-,16+/m1/s1. The summed E-state index contributed by atoms with van der Waals surface area (Å²) in [6.45, 7) is 10.3. The van der Waals surface area contributed by atoms with E-state index in [2.05, 4.69) is 6.58 Å². The molecule has 6 nitrogen and oxygen atoms in total. The van der Waals surface area contributed by atoms with Crippen LogP contribution >= 0.6 is 0 Å². The second kappa shape index (κ2) is 7.87. The van der Waals surface area contributed by atoms with Gasteiger partial charge in [-0.2, -0.15) is 0 Å². The van der Waals surface area contributed by atoms with Gasteiger partial charge in [0.1, 0.15) is 5.76 Å². The molecule has 0 aromatic carbocycles. The minimum Gasteiger partial charge on any atom is -0.507 e. The number of aliphatic hydroxyl groups is 2. The Morgan fingerprint density at radius 3 is 2.55 bits per heavy atom. The Balaban J connectivity index is 2.83. The second-order valence-electron chi connectivity index (χ2n) is 5.76. The van der Waals surface area contributed by atoms with Gasteiger partial charge >= 0.3 is 0 Å². The summed E-state index contributed by atoms with van der Waals surface area (Å²) in [5.41, 5.74) is 6.46. The number of hydrogen-bond acceptors (Lipinski definition) is 6. The van der Waals surface area contributed by atoms with Gasteiger partial charge in [-0.05, 0) is 32.8 Å². The molecule has 1 saturated heterocycles. The molecule has 0 bridgehead atoms. The van der Waals surface area contributed by atoms with Gasteiger partial charge in [0.05, 0.1) is 23.9 Å². The minimum absolute atomic E-state index is 0.0598. The number of hydrogen-bond donors (Lipinski definition) is 3. The Hall–Kier alpha value is -1.21. The lowest BCUT2D eigenvalue weighted by atomic mass is 10.00. The Morgan fingerprint density at radius 1 is 1.50 bits per heavy atom. The number of allylic oxidation sites excluding steroid dienone is 1. The maximum atomic E-state index is 11.3. The van der Waals surface area contributed by atoms with Crippen LogP contribution in [-0.2, 0) is 14.3 Å². The number of aliphatic hydroxyl groups excluding tert-OH is 2. The summed E-state index contributed by atoms with van der Waals surface area (Å²) in [6.07, 6.45) is -1.17. The second-order valence-corrected chi connectivity index (χ2v) is 5.76. The average Bonchev–Trinajstić information content (AvgIpc) is 2.47. The van der Waals surface area contributed by atoms with Crippen LogP contribution in [-0.4, -0.2) is 46.6 Å². The SMILES string of the molecule is C=C(C(C)=O)/C(O)=C(\C)[C@@H](CC)O[C@@H]1C[C@@H](N)[C@@H](O)[C@@H](C)O1. The number of nitrogens with two attached hydrogens (primary N) is 1. The van der Waals surface area contributed by atoms with Gasteiger partial charge in [-0.15, -0.1) is 0 Å². The van der Waals surface area contributed by atoms with Crippen LogP contribution in [0.5, 0.6) is 0 Å². The van der Waals surface area contributed by atoms with E-state index >= 15 is 0 Å². The van der Waals surface area contributed by atoms with Crippen LogP contribution in [0.25, 0.3) is 0 Å². The number of ether oxygens (including phenoxy) is 2. The molecule has 1 heterocycles. The first-order chi connectivity index (χ1) is 10.2. The van der Waals surface area contributed by atoms with Crippen molar-refractivity contribution in [1.82, 2.24) is 0 Å². The van der Waals surface area contributed by atoms with Crippen LogP contribution in [0.4, 0.5) is 0 Å². The van der Waals surface area contributed by atoms with E-state index in [1.54, 1.807) is 13.8 Å². The van der Waals surface area contributed by atoms with Crippen molar-refractivity contribution in [3.8, 4) is 0 Å². The molecule has 0 aromatic rings. The van der Waals surface area contributed by atoms with Crippen molar-refractivity contribution in [1.29, 1.82) is 0 Å². The van der Waals surface area contributed by atoms with Crippen LogP contribution < -0.4 is 5.73 Å². The molecule has 1 fully saturated rings. The molecule has 5 atom stereocenters. The van der Waals surface area contributed by atoms with Crippen molar-refractivity contribution in [2.75, 3.05) is 0 Å². The maximum Gasteiger partial charge on any atom is 0.162 e.